The molecule has 0 spiro atoms. The van der Waals surface area contributed by atoms with Crippen LogP contribution in [0.4, 0.5) is 0 Å². The van der Waals surface area contributed by atoms with Crippen molar-refractivity contribution in [3.8, 4) is 11.5 Å². The van der Waals surface area contributed by atoms with E-state index in [2.05, 4.69) is 11.6 Å². The Labute approximate surface area is 151 Å². The number of benzene rings is 2. The Bertz CT molecular complexity index is 670. The molecule has 0 saturated heterocycles. The molecule has 0 aliphatic heterocycles. The molecule has 0 aromatic heterocycles. The van der Waals surface area contributed by atoms with Crippen molar-refractivity contribution in [1.29, 1.82) is 0 Å². The van der Waals surface area contributed by atoms with E-state index in [1.54, 1.807) is 62.8 Å². The van der Waals surface area contributed by atoms with Crippen LogP contribution in [0.2, 0.25) is 22.3 Å². The summed E-state index contributed by atoms with van der Waals surface area (Å²) in [7, 11) is 3.19. The monoisotopic (exact) mass is 408 g/mol. The molecule has 2 rings (SSSR count). The van der Waals surface area contributed by atoms with E-state index in [-0.39, 0.29) is 11.6 Å². The zero-order chi connectivity index (χ0) is 18.4. The molecule has 134 valence electrons. The molecule has 2 aromatic carbocycles. The van der Waals surface area contributed by atoms with Crippen LogP contribution in [0.5, 0.6) is 11.5 Å². The number of carbonyl (C=O) groups is 2. The number of ketones is 2. The van der Waals surface area contributed by atoms with E-state index >= 15 is 0 Å². The van der Waals surface area contributed by atoms with Crippen LogP contribution in [-0.4, -0.2) is 38.6 Å². The molecular formula is C20H24O4Se. The SMILES string of the molecule is COc1ccc(C(=O)C[Se](C)(C)CC(=O)c2ccc(OC)cc2)cc1. The Hall–Kier alpha value is -2.10. The molecule has 4 nitrogen and oxygen atoms in total. The number of ether oxygens (including phenoxy) is 2. The van der Waals surface area contributed by atoms with Crippen molar-refractivity contribution in [1.82, 2.24) is 0 Å². The molecule has 0 heterocycles. The predicted octanol–water partition coefficient (Wildman–Crippen LogP) is 4.48. The van der Waals surface area contributed by atoms with Crippen molar-refractivity contribution < 1.29 is 19.1 Å². The molecule has 5 heteroatoms. The standard InChI is InChI=1S/C20H24O4Se/c1-23-17-9-5-15(6-10-17)19(21)13-25(3,4)14-20(22)16-7-11-18(24-2)12-8-16/h5-12H,13-14H2,1-4H3. The van der Waals surface area contributed by atoms with Gasteiger partial charge in [-0.25, -0.2) is 0 Å². The van der Waals surface area contributed by atoms with Crippen molar-refractivity contribution in [2.45, 2.75) is 22.3 Å². The van der Waals surface area contributed by atoms with Crippen LogP contribution in [0, 0.1) is 0 Å². The first-order chi connectivity index (χ1) is 11.8. The fraction of sp³-hybridized carbons (Fsp3) is 0.300. The number of hydrogen-bond donors (Lipinski definition) is 0. The Morgan fingerprint density at radius 1 is 0.720 bits per heavy atom. The van der Waals surface area contributed by atoms with E-state index in [4.69, 9.17) is 9.47 Å². The van der Waals surface area contributed by atoms with Crippen LogP contribution in [-0.2, 0) is 0 Å². The number of rotatable bonds is 8. The van der Waals surface area contributed by atoms with Gasteiger partial charge in [0, 0.05) is 0 Å². The summed E-state index contributed by atoms with van der Waals surface area (Å²) in [5.41, 5.74) is 1.34. The predicted molar refractivity (Wildman–Crippen MR) is 102 cm³/mol. The van der Waals surface area contributed by atoms with Gasteiger partial charge in [0.05, 0.1) is 0 Å². The second-order valence-corrected chi connectivity index (χ2v) is 15.0. The van der Waals surface area contributed by atoms with Gasteiger partial charge in [0.2, 0.25) is 0 Å². The zero-order valence-corrected chi connectivity index (χ0v) is 16.8. The van der Waals surface area contributed by atoms with Gasteiger partial charge in [-0.2, -0.15) is 0 Å². The van der Waals surface area contributed by atoms with Crippen molar-refractivity contribution in [2.24, 2.45) is 0 Å². The summed E-state index contributed by atoms with van der Waals surface area (Å²) < 4.78 is 10.2. The quantitative estimate of drug-likeness (QED) is 0.478. The summed E-state index contributed by atoms with van der Waals surface area (Å²) in [6.45, 7) is 0. The van der Waals surface area contributed by atoms with Crippen LogP contribution in [0.3, 0.4) is 0 Å². The van der Waals surface area contributed by atoms with E-state index < -0.39 is 12.8 Å². The van der Waals surface area contributed by atoms with E-state index in [0.29, 0.717) is 21.8 Å². The van der Waals surface area contributed by atoms with E-state index in [1.807, 2.05) is 0 Å². The van der Waals surface area contributed by atoms with Crippen LogP contribution in [0.15, 0.2) is 48.5 Å². The van der Waals surface area contributed by atoms with Crippen LogP contribution in [0.1, 0.15) is 20.7 Å². The van der Waals surface area contributed by atoms with E-state index in [1.165, 1.54) is 0 Å². The molecule has 0 fully saturated rings. The Morgan fingerprint density at radius 3 is 1.32 bits per heavy atom. The van der Waals surface area contributed by atoms with Crippen molar-refractivity contribution in [3.05, 3.63) is 59.7 Å². The zero-order valence-electron chi connectivity index (χ0n) is 15.1. The average molecular weight is 407 g/mol. The maximum absolute atomic E-state index is 12.5. The minimum absolute atomic E-state index is 0.0928. The summed E-state index contributed by atoms with van der Waals surface area (Å²) in [4.78, 5) is 25.1. The van der Waals surface area contributed by atoms with Gasteiger partial charge in [0.1, 0.15) is 0 Å². The van der Waals surface area contributed by atoms with Gasteiger partial charge >= 0.3 is 151 Å². The summed E-state index contributed by atoms with van der Waals surface area (Å²) in [6.07, 6.45) is 0. The second-order valence-electron chi connectivity index (χ2n) is 6.36. The molecule has 2 aromatic rings. The molecule has 0 radical (unpaired) electrons. The molecular weight excluding hydrogens is 383 g/mol. The van der Waals surface area contributed by atoms with Gasteiger partial charge in [-0.15, -0.1) is 0 Å². The van der Waals surface area contributed by atoms with Crippen molar-refractivity contribution in [3.63, 3.8) is 0 Å². The molecule has 25 heavy (non-hydrogen) atoms. The first-order valence-corrected chi connectivity index (χ1v) is 13.7. The molecule has 0 N–H and O–H groups in total. The fourth-order valence-electron chi connectivity index (χ4n) is 2.48. The second kappa shape index (κ2) is 8.32. The molecule has 0 unspecified atom stereocenters. The van der Waals surface area contributed by atoms with Gasteiger partial charge in [0.15, 0.2) is 0 Å². The van der Waals surface area contributed by atoms with Crippen LogP contribution < -0.4 is 9.47 Å². The maximum atomic E-state index is 12.5. The first kappa shape index (κ1) is 19.2. The average Bonchev–Trinajstić information content (AvgIpc) is 2.61. The Balaban J connectivity index is 2.01. The summed E-state index contributed by atoms with van der Waals surface area (Å²) in [6, 6.07) is 14.2. The molecule has 0 aliphatic carbocycles. The number of Topliss-reactive ketones (excluding diaryl/α,β-unsaturated/α-hetero) is 2. The molecule has 0 atom stereocenters. The number of methoxy groups -OCH3 is 2. The first-order valence-electron chi connectivity index (χ1n) is 7.88. The molecule has 0 bridgehead atoms. The molecule has 0 amide bonds. The van der Waals surface area contributed by atoms with Crippen LogP contribution >= 0.6 is 0 Å². The van der Waals surface area contributed by atoms with Gasteiger partial charge in [-0.3, -0.25) is 0 Å². The minimum atomic E-state index is -2.20. The van der Waals surface area contributed by atoms with E-state index in [9.17, 15) is 9.59 Å². The van der Waals surface area contributed by atoms with Gasteiger partial charge in [0.25, 0.3) is 0 Å². The third-order valence-corrected chi connectivity index (χ3v) is 8.25. The van der Waals surface area contributed by atoms with Crippen molar-refractivity contribution in [2.75, 3.05) is 14.2 Å². The number of hydrogen-bond acceptors (Lipinski definition) is 4. The molecule has 0 saturated carbocycles. The fourth-order valence-corrected chi connectivity index (χ4v) is 6.37. The topological polar surface area (TPSA) is 52.6 Å². The normalized spacial score (nSPS) is 11.7. The van der Waals surface area contributed by atoms with Gasteiger partial charge in [-0.1, -0.05) is 0 Å². The van der Waals surface area contributed by atoms with E-state index in [0.717, 1.165) is 11.5 Å². The van der Waals surface area contributed by atoms with Crippen molar-refractivity contribution >= 4 is 24.4 Å². The third kappa shape index (κ3) is 5.45. The summed E-state index contributed by atoms with van der Waals surface area (Å²) >= 11 is -2.20. The number of carbonyl (C=O) groups excluding carboxylic acids is 2. The molecule has 0 aliphatic rings. The summed E-state index contributed by atoms with van der Waals surface area (Å²) in [5.74, 6) is 5.83. The van der Waals surface area contributed by atoms with Gasteiger partial charge in [-0.05, 0) is 0 Å². The van der Waals surface area contributed by atoms with Crippen LogP contribution in [0.25, 0.3) is 0 Å². The Kier molecular flexibility index (Phi) is 6.40. The Morgan fingerprint density at radius 2 is 1.04 bits per heavy atom. The third-order valence-electron chi connectivity index (χ3n) is 3.87. The summed E-state index contributed by atoms with van der Waals surface area (Å²) in [5, 5.41) is 0.926. The van der Waals surface area contributed by atoms with Gasteiger partial charge < -0.3 is 0 Å².